The number of hydrogen-bond acceptors (Lipinski definition) is 2. The molecule has 0 aliphatic heterocycles. The number of ether oxygens (including phenoxy) is 1. The van der Waals surface area contributed by atoms with Crippen LogP contribution in [0.25, 0.3) is 0 Å². The molecule has 0 N–H and O–H groups in total. The van der Waals surface area contributed by atoms with Gasteiger partial charge in [0.2, 0.25) is 0 Å². The van der Waals surface area contributed by atoms with Crippen LogP contribution in [0.1, 0.15) is 17.5 Å². The van der Waals surface area contributed by atoms with Gasteiger partial charge < -0.3 is 9.30 Å². The van der Waals surface area contributed by atoms with Crippen LogP contribution in [-0.2, 0) is 24.3 Å². The molecule has 1 unspecified atom stereocenters. The molecule has 136 valence electrons. The molecule has 1 heterocycles. The lowest BCUT2D eigenvalue weighted by molar-refractivity contribution is 0.0239. The van der Waals surface area contributed by atoms with Crippen molar-refractivity contribution in [3.05, 3.63) is 87.4 Å². The maximum Gasteiger partial charge on any atom is 0.0946 e. The summed E-state index contributed by atoms with van der Waals surface area (Å²) in [5, 5.41) is 1.84. The van der Waals surface area contributed by atoms with Gasteiger partial charge in [0, 0.05) is 24.0 Å². The lowest BCUT2D eigenvalue weighted by Crippen LogP contribution is -2.20. The Morgan fingerprint density at radius 2 is 1.73 bits per heavy atom. The lowest BCUT2D eigenvalue weighted by atomic mass is 10.1. The van der Waals surface area contributed by atoms with Gasteiger partial charge in [-0.3, -0.25) is 0 Å². The van der Waals surface area contributed by atoms with Crippen LogP contribution >= 0.6 is 34.8 Å². The Balaban J connectivity index is 1.62. The summed E-state index contributed by atoms with van der Waals surface area (Å²) in [5.74, 6) is 0. The minimum absolute atomic E-state index is 0.0503. The Morgan fingerprint density at radius 3 is 2.42 bits per heavy atom. The molecule has 26 heavy (non-hydrogen) atoms. The predicted molar refractivity (Wildman–Crippen MR) is 107 cm³/mol. The minimum Gasteiger partial charge on any atom is -0.372 e. The van der Waals surface area contributed by atoms with Crippen molar-refractivity contribution in [1.29, 1.82) is 0 Å². The maximum atomic E-state index is 6.17. The number of benzene rings is 2. The molecule has 0 bridgehead atoms. The zero-order valence-corrected chi connectivity index (χ0v) is 16.4. The number of rotatable bonds is 8. The van der Waals surface area contributed by atoms with Gasteiger partial charge in [0.25, 0.3) is 0 Å². The van der Waals surface area contributed by atoms with Gasteiger partial charge in [-0.25, -0.2) is 4.98 Å². The van der Waals surface area contributed by atoms with Crippen molar-refractivity contribution >= 4 is 34.8 Å². The smallest absolute Gasteiger partial charge is 0.0946 e. The summed E-state index contributed by atoms with van der Waals surface area (Å²) in [6.07, 6.45) is 7.37. The highest BCUT2D eigenvalue weighted by Crippen LogP contribution is 2.23. The van der Waals surface area contributed by atoms with Crippen LogP contribution in [-0.4, -0.2) is 15.7 Å². The van der Waals surface area contributed by atoms with Crippen LogP contribution < -0.4 is 0 Å². The molecule has 1 aromatic heterocycles. The van der Waals surface area contributed by atoms with E-state index in [1.807, 2.05) is 35.0 Å². The fourth-order valence-corrected chi connectivity index (χ4v) is 3.13. The van der Waals surface area contributed by atoms with Crippen molar-refractivity contribution in [1.82, 2.24) is 9.55 Å². The third-order valence-corrected chi connectivity index (χ3v) is 5.10. The van der Waals surface area contributed by atoms with Crippen LogP contribution in [0.4, 0.5) is 0 Å². The molecule has 3 nitrogen and oxygen atoms in total. The van der Waals surface area contributed by atoms with E-state index in [1.165, 1.54) is 5.56 Å². The Bertz CT molecular complexity index is 820. The number of imidazole rings is 1. The van der Waals surface area contributed by atoms with E-state index < -0.39 is 0 Å². The number of nitrogens with zero attached hydrogens (tertiary/aromatic N) is 2. The first-order valence-electron chi connectivity index (χ1n) is 8.36. The molecule has 0 aliphatic rings. The van der Waals surface area contributed by atoms with Crippen LogP contribution in [0.15, 0.2) is 61.2 Å². The van der Waals surface area contributed by atoms with Gasteiger partial charge >= 0.3 is 0 Å². The van der Waals surface area contributed by atoms with E-state index >= 15 is 0 Å². The molecular formula is C20H19Cl3N2O. The number of aromatic nitrogens is 2. The molecule has 2 aromatic carbocycles. The molecule has 0 radical (unpaired) electrons. The Hall–Kier alpha value is -1.52. The van der Waals surface area contributed by atoms with Gasteiger partial charge in [-0.05, 0) is 48.2 Å². The van der Waals surface area contributed by atoms with Crippen molar-refractivity contribution in [2.24, 2.45) is 0 Å². The molecular weight excluding hydrogens is 391 g/mol. The number of hydrogen-bond donors (Lipinski definition) is 0. The van der Waals surface area contributed by atoms with E-state index in [4.69, 9.17) is 39.5 Å². The van der Waals surface area contributed by atoms with Crippen molar-refractivity contribution in [2.75, 3.05) is 0 Å². The van der Waals surface area contributed by atoms with Gasteiger partial charge in [0.05, 0.1) is 29.1 Å². The first-order valence-corrected chi connectivity index (χ1v) is 9.49. The second-order valence-corrected chi connectivity index (χ2v) is 7.36. The summed E-state index contributed by atoms with van der Waals surface area (Å²) in [5.41, 5.74) is 2.24. The van der Waals surface area contributed by atoms with E-state index in [1.54, 1.807) is 18.6 Å². The predicted octanol–water partition coefficient (Wildman–Crippen LogP) is 6.06. The highest BCUT2D eigenvalue weighted by molar-refractivity contribution is 6.42. The van der Waals surface area contributed by atoms with Crippen LogP contribution in [0.2, 0.25) is 15.1 Å². The van der Waals surface area contributed by atoms with Crippen molar-refractivity contribution in [2.45, 2.75) is 32.1 Å². The molecule has 0 amide bonds. The van der Waals surface area contributed by atoms with E-state index in [9.17, 15) is 0 Å². The number of halogens is 3. The van der Waals surface area contributed by atoms with Crippen LogP contribution in [0.5, 0.6) is 0 Å². The molecule has 6 heteroatoms. The molecule has 0 spiro atoms. The Kier molecular flexibility index (Phi) is 6.98. The van der Waals surface area contributed by atoms with Gasteiger partial charge in [0.15, 0.2) is 0 Å². The van der Waals surface area contributed by atoms with Crippen molar-refractivity contribution in [3.8, 4) is 0 Å². The molecule has 3 aromatic rings. The molecule has 3 rings (SSSR count). The fourth-order valence-electron chi connectivity index (χ4n) is 2.68. The molecule has 0 saturated heterocycles. The second kappa shape index (κ2) is 9.43. The first-order chi connectivity index (χ1) is 12.6. The van der Waals surface area contributed by atoms with Crippen LogP contribution in [0.3, 0.4) is 0 Å². The van der Waals surface area contributed by atoms with E-state index in [0.717, 1.165) is 30.0 Å². The van der Waals surface area contributed by atoms with Crippen molar-refractivity contribution in [3.63, 3.8) is 0 Å². The highest BCUT2D eigenvalue weighted by atomic mass is 35.5. The van der Waals surface area contributed by atoms with Crippen molar-refractivity contribution < 1.29 is 4.74 Å². The summed E-state index contributed by atoms with van der Waals surface area (Å²) in [4.78, 5) is 4.10. The SMILES string of the molecule is Clc1ccc(CCC(Cn2ccnc2)OCc2ccc(Cl)c(Cl)c2)cc1. The third-order valence-electron chi connectivity index (χ3n) is 4.11. The van der Waals surface area contributed by atoms with E-state index in [0.29, 0.717) is 16.7 Å². The summed E-state index contributed by atoms with van der Waals surface area (Å²) >= 11 is 18.0. The molecule has 0 aliphatic carbocycles. The van der Waals surface area contributed by atoms with Crippen LogP contribution in [0, 0.1) is 0 Å². The zero-order valence-electron chi connectivity index (χ0n) is 14.1. The normalized spacial score (nSPS) is 12.3. The average Bonchev–Trinajstić information content (AvgIpc) is 3.14. The third kappa shape index (κ3) is 5.75. The van der Waals surface area contributed by atoms with Gasteiger partial charge in [0.1, 0.15) is 0 Å². The summed E-state index contributed by atoms with van der Waals surface area (Å²) in [7, 11) is 0. The maximum absolute atomic E-state index is 6.17. The topological polar surface area (TPSA) is 27.1 Å². The lowest BCUT2D eigenvalue weighted by Gasteiger charge is -2.19. The summed E-state index contributed by atoms with van der Waals surface area (Å²) < 4.78 is 8.19. The van der Waals surface area contributed by atoms with Gasteiger partial charge in [-0.2, -0.15) is 0 Å². The number of aryl methyl sites for hydroxylation is 1. The Labute approximate surface area is 168 Å². The molecule has 0 saturated carbocycles. The second-order valence-electron chi connectivity index (χ2n) is 6.11. The average molecular weight is 410 g/mol. The van der Waals surface area contributed by atoms with Gasteiger partial charge in [-0.15, -0.1) is 0 Å². The quantitative estimate of drug-likeness (QED) is 0.452. The fraction of sp³-hybridized carbons (Fsp3) is 0.250. The minimum atomic E-state index is 0.0503. The first kappa shape index (κ1) is 19.2. The monoisotopic (exact) mass is 408 g/mol. The zero-order chi connectivity index (χ0) is 18.4. The highest BCUT2D eigenvalue weighted by Gasteiger charge is 2.12. The summed E-state index contributed by atoms with van der Waals surface area (Å²) in [6.45, 7) is 1.23. The van der Waals surface area contributed by atoms with E-state index in [-0.39, 0.29) is 6.10 Å². The summed E-state index contributed by atoms with van der Waals surface area (Å²) in [6, 6.07) is 13.5. The standard InChI is InChI=1S/C20H19Cl3N2O/c21-17-5-1-15(2-6-17)3-7-18(12-25-10-9-24-14-25)26-13-16-4-8-19(22)20(23)11-16/h1-2,4-6,8-11,14,18H,3,7,12-13H2. The molecule has 0 fully saturated rings. The molecule has 1 atom stereocenters. The van der Waals surface area contributed by atoms with E-state index in [2.05, 4.69) is 17.1 Å². The Morgan fingerprint density at radius 1 is 0.962 bits per heavy atom. The largest absolute Gasteiger partial charge is 0.372 e. The van der Waals surface area contributed by atoms with Gasteiger partial charge in [-0.1, -0.05) is 53.0 Å².